The van der Waals surface area contributed by atoms with E-state index in [0.29, 0.717) is 22.6 Å². The summed E-state index contributed by atoms with van der Waals surface area (Å²) in [6.07, 6.45) is 4.73. The lowest BCUT2D eigenvalue weighted by Crippen LogP contribution is -2.42. The van der Waals surface area contributed by atoms with Gasteiger partial charge in [-0.15, -0.1) is 0 Å². The highest BCUT2D eigenvalue weighted by Crippen LogP contribution is 2.31. The molecule has 0 radical (unpaired) electrons. The lowest BCUT2D eigenvalue weighted by atomic mass is 10.0. The van der Waals surface area contributed by atoms with Crippen LogP contribution < -0.4 is 5.32 Å². The van der Waals surface area contributed by atoms with Crippen molar-refractivity contribution in [3.63, 3.8) is 0 Å². The van der Waals surface area contributed by atoms with Crippen LogP contribution >= 0.6 is 0 Å². The van der Waals surface area contributed by atoms with Gasteiger partial charge in [0.25, 0.3) is 5.91 Å². The monoisotopic (exact) mass is 378 g/mol. The first-order valence-electron chi connectivity index (χ1n) is 9.63. The van der Waals surface area contributed by atoms with Gasteiger partial charge in [-0.05, 0) is 63.4 Å². The molecule has 1 atom stereocenters. The van der Waals surface area contributed by atoms with Crippen LogP contribution in [-0.2, 0) is 0 Å². The Morgan fingerprint density at radius 2 is 2.11 bits per heavy atom. The average molecular weight is 378 g/mol. The second-order valence-electron chi connectivity index (χ2n) is 7.35. The number of aryl methyl sites for hydroxylation is 1. The minimum absolute atomic E-state index is 0.0546. The number of carbonyl (C=O) groups is 1. The Morgan fingerprint density at radius 3 is 2.89 bits per heavy atom. The van der Waals surface area contributed by atoms with E-state index in [4.69, 9.17) is 0 Å². The van der Waals surface area contributed by atoms with Crippen LogP contribution in [-0.4, -0.2) is 33.4 Å². The number of amides is 1. The Labute approximate surface area is 163 Å². The van der Waals surface area contributed by atoms with Crippen LogP contribution in [0.2, 0.25) is 0 Å². The molecule has 1 fully saturated rings. The summed E-state index contributed by atoms with van der Waals surface area (Å²) < 4.78 is 13.7. The molecule has 4 rings (SSSR count). The SMILES string of the molecule is Cc1ccc2c(Nc3cccc(F)c3)c(C(=O)N3CCCCC3C)cnc2n1. The maximum absolute atomic E-state index is 13.7. The third kappa shape index (κ3) is 3.54. The Balaban J connectivity index is 1.83. The summed E-state index contributed by atoms with van der Waals surface area (Å²) in [6.45, 7) is 4.72. The molecular weight excluding hydrogens is 355 g/mol. The number of hydrogen-bond acceptors (Lipinski definition) is 4. The maximum atomic E-state index is 13.7. The van der Waals surface area contributed by atoms with Gasteiger partial charge in [0.2, 0.25) is 0 Å². The van der Waals surface area contributed by atoms with Gasteiger partial charge in [0.15, 0.2) is 5.65 Å². The molecule has 1 saturated heterocycles. The van der Waals surface area contributed by atoms with Crippen molar-refractivity contribution in [2.75, 3.05) is 11.9 Å². The van der Waals surface area contributed by atoms with Gasteiger partial charge in [0.05, 0.1) is 11.3 Å². The quantitative estimate of drug-likeness (QED) is 0.709. The molecule has 3 heterocycles. The lowest BCUT2D eigenvalue weighted by molar-refractivity contribution is 0.0636. The number of halogens is 1. The van der Waals surface area contributed by atoms with Gasteiger partial charge < -0.3 is 10.2 Å². The molecule has 0 aliphatic carbocycles. The number of fused-ring (bicyclic) bond motifs is 1. The first-order valence-corrected chi connectivity index (χ1v) is 9.63. The van der Waals surface area contributed by atoms with Gasteiger partial charge in [-0.25, -0.2) is 14.4 Å². The number of benzene rings is 1. The third-order valence-corrected chi connectivity index (χ3v) is 5.26. The second-order valence-corrected chi connectivity index (χ2v) is 7.35. The maximum Gasteiger partial charge on any atom is 0.257 e. The van der Waals surface area contributed by atoms with E-state index in [-0.39, 0.29) is 17.8 Å². The number of carbonyl (C=O) groups excluding carboxylic acids is 1. The van der Waals surface area contributed by atoms with E-state index in [2.05, 4.69) is 22.2 Å². The molecule has 3 aromatic rings. The molecule has 0 spiro atoms. The van der Waals surface area contributed by atoms with Gasteiger partial charge in [0.1, 0.15) is 5.82 Å². The number of nitrogens with zero attached hydrogens (tertiary/aromatic N) is 3. The molecule has 2 aromatic heterocycles. The van der Waals surface area contributed by atoms with Gasteiger partial charge >= 0.3 is 0 Å². The third-order valence-electron chi connectivity index (χ3n) is 5.26. The predicted molar refractivity (Wildman–Crippen MR) is 108 cm³/mol. The number of nitrogens with one attached hydrogen (secondary N) is 1. The summed E-state index contributed by atoms with van der Waals surface area (Å²) in [7, 11) is 0. The fraction of sp³-hybridized carbons (Fsp3) is 0.318. The van der Waals surface area contributed by atoms with Crippen molar-refractivity contribution in [1.29, 1.82) is 0 Å². The molecule has 1 aliphatic heterocycles. The smallest absolute Gasteiger partial charge is 0.257 e. The Morgan fingerprint density at radius 1 is 1.25 bits per heavy atom. The zero-order chi connectivity index (χ0) is 19.7. The van der Waals surface area contributed by atoms with Crippen LogP contribution in [0.15, 0.2) is 42.6 Å². The minimum atomic E-state index is -0.338. The number of likely N-dealkylation sites (tertiary alicyclic amines) is 1. The zero-order valence-corrected chi connectivity index (χ0v) is 16.1. The number of aromatic nitrogens is 2. The van der Waals surface area contributed by atoms with Gasteiger partial charge in [-0.1, -0.05) is 6.07 Å². The van der Waals surface area contributed by atoms with Crippen molar-refractivity contribution < 1.29 is 9.18 Å². The second kappa shape index (κ2) is 7.54. The normalized spacial score (nSPS) is 17.0. The van der Waals surface area contributed by atoms with Crippen LogP contribution in [0.4, 0.5) is 15.8 Å². The highest BCUT2D eigenvalue weighted by atomic mass is 19.1. The van der Waals surface area contributed by atoms with E-state index >= 15 is 0 Å². The minimum Gasteiger partial charge on any atom is -0.354 e. The number of anilines is 2. The molecule has 144 valence electrons. The first kappa shape index (κ1) is 18.3. The van der Waals surface area contributed by atoms with Gasteiger partial charge in [-0.3, -0.25) is 4.79 Å². The lowest BCUT2D eigenvalue weighted by Gasteiger charge is -2.34. The predicted octanol–water partition coefficient (Wildman–Crippen LogP) is 4.84. The Kier molecular flexibility index (Phi) is 4.94. The molecule has 1 N–H and O–H groups in total. The van der Waals surface area contributed by atoms with Crippen LogP contribution in [0, 0.1) is 12.7 Å². The summed E-state index contributed by atoms with van der Waals surface area (Å²) in [5.74, 6) is -0.393. The summed E-state index contributed by atoms with van der Waals surface area (Å²) >= 11 is 0. The highest BCUT2D eigenvalue weighted by molar-refractivity contribution is 6.07. The summed E-state index contributed by atoms with van der Waals surface area (Å²) in [5, 5.41) is 3.98. The van der Waals surface area contributed by atoms with Crippen LogP contribution in [0.1, 0.15) is 42.2 Å². The molecular formula is C22H23FN4O. The molecule has 0 bridgehead atoms. The van der Waals surface area contributed by atoms with Gasteiger partial charge in [-0.2, -0.15) is 0 Å². The zero-order valence-electron chi connectivity index (χ0n) is 16.1. The number of pyridine rings is 2. The summed E-state index contributed by atoms with van der Waals surface area (Å²) in [6, 6.07) is 10.2. The van der Waals surface area contributed by atoms with Crippen molar-refractivity contribution in [2.24, 2.45) is 0 Å². The molecule has 0 saturated carbocycles. The fourth-order valence-corrected chi connectivity index (χ4v) is 3.73. The van der Waals surface area contributed by atoms with E-state index in [9.17, 15) is 9.18 Å². The van der Waals surface area contributed by atoms with E-state index < -0.39 is 0 Å². The van der Waals surface area contributed by atoms with E-state index in [1.165, 1.54) is 12.1 Å². The molecule has 1 unspecified atom stereocenters. The molecule has 6 heteroatoms. The van der Waals surface area contributed by atoms with Crippen LogP contribution in [0.3, 0.4) is 0 Å². The van der Waals surface area contributed by atoms with Crippen LogP contribution in [0.25, 0.3) is 11.0 Å². The van der Waals surface area contributed by atoms with Gasteiger partial charge in [0, 0.05) is 35.6 Å². The summed E-state index contributed by atoms with van der Waals surface area (Å²) in [5.41, 5.74) is 3.08. The van der Waals surface area contributed by atoms with Crippen molar-refractivity contribution in [2.45, 2.75) is 39.2 Å². The van der Waals surface area contributed by atoms with Crippen molar-refractivity contribution in [3.05, 3.63) is 59.7 Å². The number of piperidine rings is 1. The van der Waals surface area contributed by atoms with E-state index in [1.807, 2.05) is 24.0 Å². The standard InChI is InChI=1S/C22H23FN4O/c1-14-9-10-18-20(26-17-8-5-7-16(23)12-17)19(13-24-21(18)25-14)22(28)27-11-4-3-6-15(27)2/h5,7-10,12-13,15H,3-4,6,11H2,1-2H3,(H,24,25,26). The van der Waals surface area contributed by atoms with E-state index in [0.717, 1.165) is 36.9 Å². The Hall–Kier alpha value is -3.02. The number of rotatable bonds is 3. The molecule has 1 amide bonds. The largest absolute Gasteiger partial charge is 0.354 e. The molecule has 1 aliphatic rings. The average Bonchev–Trinajstić information content (AvgIpc) is 2.68. The highest BCUT2D eigenvalue weighted by Gasteiger charge is 2.27. The molecule has 5 nitrogen and oxygen atoms in total. The van der Waals surface area contributed by atoms with E-state index in [1.54, 1.807) is 18.3 Å². The number of hydrogen-bond donors (Lipinski definition) is 1. The van der Waals surface area contributed by atoms with Crippen molar-refractivity contribution in [3.8, 4) is 0 Å². The topological polar surface area (TPSA) is 58.1 Å². The molecule has 28 heavy (non-hydrogen) atoms. The van der Waals surface area contributed by atoms with Crippen molar-refractivity contribution in [1.82, 2.24) is 14.9 Å². The van der Waals surface area contributed by atoms with Crippen molar-refractivity contribution >= 4 is 28.3 Å². The summed E-state index contributed by atoms with van der Waals surface area (Å²) in [4.78, 5) is 24.2. The first-order chi connectivity index (χ1) is 13.5. The van der Waals surface area contributed by atoms with Crippen LogP contribution in [0.5, 0.6) is 0 Å². The molecule has 1 aromatic carbocycles. The fourth-order valence-electron chi connectivity index (χ4n) is 3.73. The Bertz CT molecular complexity index is 1040.